The minimum Gasteiger partial charge on any atom is -0.272 e. The molecule has 0 saturated heterocycles. The van der Waals surface area contributed by atoms with E-state index >= 15 is 0 Å². The molecule has 0 heterocycles. The van der Waals surface area contributed by atoms with Crippen LogP contribution in [0.15, 0.2) is 5.18 Å². The lowest BCUT2D eigenvalue weighted by molar-refractivity contribution is 0.249. The van der Waals surface area contributed by atoms with E-state index in [0.717, 1.165) is 0 Å². The number of carbonyl (C=O) groups excluding carboxylic acids is 1. The number of amides is 2. The van der Waals surface area contributed by atoms with Gasteiger partial charge in [0.1, 0.15) is 0 Å². The van der Waals surface area contributed by atoms with Gasteiger partial charge in [-0.15, -0.1) is 4.91 Å². The maximum absolute atomic E-state index is 9.47. The number of nitrogens with one attached hydrogen (secondary N) is 1. The predicted molar refractivity (Wildman–Crippen MR) is 18.5 cm³/mol. The van der Waals surface area contributed by atoms with Crippen LogP contribution in [-0.2, 0) is 0 Å². The Kier molecular flexibility index (Phi) is 1.91. The average Bonchev–Trinajstić information content (AvgIpc) is 1.65. The van der Waals surface area contributed by atoms with Gasteiger partial charge < -0.3 is 0 Å². The van der Waals surface area contributed by atoms with Crippen molar-refractivity contribution in [2.24, 2.45) is 11.0 Å². The molecule has 0 aliphatic rings. The SMILES string of the molecule is NNC(=O)N=O. The molecule has 0 atom stereocenters. The van der Waals surface area contributed by atoms with Crippen molar-refractivity contribution >= 4 is 6.03 Å². The Hall–Kier alpha value is -0.970. The van der Waals surface area contributed by atoms with Crippen LogP contribution in [0.4, 0.5) is 4.79 Å². The molecule has 0 saturated carbocycles. The summed E-state index contributed by atoms with van der Waals surface area (Å²) in [6, 6.07) is -1.06. The smallest absolute Gasteiger partial charge is 0.272 e. The highest BCUT2D eigenvalue weighted by Gasteiger charge is 1.87. The number of carbonyl (C=O) groups is 1. The molecular formula is CH3N3O2. The van der Waals surface area contributed by atoms with Crippen LogP contribution in [0.1, 0.15) is 0 Å². The Bertz CT molecular complexity index is 69.2. The second-order valence-corrected chi connectivity index (χ2v) is 0.541. The van der Waals surface area contributed by atoms with Crippen molar-refractivity contribution in [3.8, 4) is 0 Å². The molecule has 6 heavy (non-hydrogen) atoms. The molecule has 3 N–H and O–H groups in total. The lowest BCUT2D eigenvalue weighted by Crippen LogP contribution is -2.26. The number of hydrogen-bond donors (Lipinski definition) is 2. The predicted octanol–water partition coefficient (Wildman–Crippen LogP) is -0.664. The van der Waals surface area contributed by atoms with E-state index in [4.69, 9.17) is 4.91 Å². The fourth-order valence-electron chi connectivity index (χ4n) is 0.0264. The van der Waals surface area contributed by atoms with Gasteiger partial charge in [-0.3, -0.25) is 5.43 Å². The molecule has 0 fully saturated rings. The van der Waals surface area contributed by atoms with Crippen molar-refractivity contribution in [1.29, 1.82) is 0 Å². The van der Waals surface area contributed by atoms with Gasteiger partial charge in [-0.1, -0.05) is 0 Å². The highest BCUT2D eigenvalue weighted by Crippen LogP contribution is 1.60. The van der Waals surface area contributed by atoms with Gasteiger partial charge in [-0.2, -0.15) is 0 Å². The Labute approximate surface area is 33.5 Å². The number of nitroso groups, excluding NO2 is 1. The molecule has 0 unspecified atom stereocenters. The summed E-state index contributed by atoms with van der Waals surface area (Å²) < 4.78 is 0. The molecular weight excluding hydrogens is 86.0 g/mol. The number of hydrogen-bond acceptors (Lipinski definition) is 3. The molecule has 0 rings (SSSR count). The molecule has 0 spiro atoms. The van der Waals surface area contributed by atoms with Crippen LogP contribution >= 0.6 is 0 Å². The fourth-order valence-corrected chi connectivity index (χ4v) is 0.0264. The van der Waals surface area contributed by atoms with E-state index in [1.54, 1.807) is 0 Å². The summed E-state index contributed by atoms with van der Waals surface area (Å²) in [7, 11) is 0. The second kappa shape index (κ2) is 2.28. The summed E-state index contributed by atoms with van der Waals surface area (Å²) in [6.07, 6.45) is 0. The van der Waals surface area contributed by atoms with Crippen molar-refractivity contribution in [3.63, 3.8) is 0 Å². The van der Waals surface area contributed by atoms with Crippen LogP contribution in [0, 0.1) is 4.91 Å². The molecule has 5 heteroatoms. The zero-order chi connectivity index (χ0) is 4.99. The maximum atomic E-state index is 9.47. The van der Waals surface area contributed by atoms with E-state index in [9.17, 15) is 4.79 Å². The third-order valence-corrected chi connectivity index (χ3v) is 0.206. The van der Waals surface area contributed by atoms with E-state index in [1.165, 1.54) is 5.43 Å². The van der Waals surface area contributed by atoms with Crippen LogP contribution in [-0.4, -0.2) is 6.03 Å². The largest absolute Gasteiger partial charge is 0.392 e. The summed E-state index contributed by atoms with van der Waals surface area (Å²) in [5.41, 5.74) is 1.50. The molecule has 2 amide bonds. The third-order valence-electron chi connectivity index (χ3n) is 0.206. The Morgan fingerprint density at radius 1 is 1.83 bits per heavy atom. The van der Waals surface area contributed by atoms with Gasteiger partial charge in [-0.05, 0) is 0 Å². The van der Waals surface area contributed by atoms with Crippen molar-refractivity contribution in [2.75, 3.05) is 0 Å². The van der Waals surface area contributed by atoms with Crippen LogP contribution < -0.4 is 11.3 Å². The summed E-state index contributed by atoms with van der Waals surface area (Å²) in [4.78, 5) is 18.5. The standard InChI is InChI=1S/CH3N3O2/c2-3-1(5)4-6/h2H2,(H,3,5). The van der Waals surface area contributed by atoms with E-state index in [-0.39, 0.29) is 0 Å². The van der Waals surface area contributed by atoms with Gasteiger partial charge in [0.15, 0.2) is 0 Å². The first-order valence-electron chi connectivity index (χ1n) is 1.15. The van der Waals surface area contributed by atoms with Crippen molar-refractivity contribution in [3.05, 3.63) is 4.91 Å². The van der Waals surface area contributed by atoms with Crippen LogP contribution in [0.3, 0.4) is 0 Å². The topological polar surface area (TPSA) is 84.5 Å². The van der Waals surface area contributed by atoms with Gasteiger partial charge in [-0.25, -0.2) is 10.6 Å². The van der Waals surface area contributed by atoms with Crippen LogP contribution in [0.5, 0.6) is 0 Å². The molecule has 5 nitrogen and oxygen atoms in total. The zero-order valence-corrected chi connectivity index (χ0v) is 2.84. The highest BCUT2D eigenvalue weighted by molar-refractivity contribution is 5.73. The first kappa shape index (κ1) is 5.03. The lowest BCUT2D eigenvalue weighted by Gasteiger charge is -1.77. The van der Waals surface area contributed by atoms with Gasteiger partial charge in [0, 0.05) is 5.18 Å². The Morgan fingerprint density at radius 2 is 2.33 bits per heavy atom. The molecule has 0 aromatic rings. The minimum atomic E-state index is -1.06. The molecule has 0 aliphatic heterocycles. The highest BCUT2D eigenvalue weighted by atomic mass is 16.3. The molecule has 0 aromatic heterocycles. The van der Waals surface area contributed by atoms with E-state index in [1.807, 2.05) is 5.18 Å². The lowest BCUT2D eigenvalue weighted by atomic mass is 11.1. The van der Waals surface area contributed by atoms with Gasteiger partial charge in [0.2, 0.25) is 0 Å². The van der Waals surface area contributed by atoms with Crippen molar-refractivity contribution in [1.82, 2.24) is 5.43 Å². The summed E-state index contributed by atoms with van der Waals surface area (Å²) in [5, 5.41) is 1.88. The Balaban J connectivity index is 3.23. The average molecular weight is 89.1 g/mol. The van der Waals surface area contributed by atoms with Gasteiger partial charge in [0.05, 0.1) is 0 Å². The zero-order valence-electron chi connectivity index (χ0n) is 2.84. The van der Waals surface area contributed by atoms with Crippen LogP contribution in [0.25, 0.3) is 0 Å². The third kappa shape index (κ3) is 1.36. The number of rotatable bonds is 0. The molecule has 0 bridgehead atoms. The molecule has 0 aliphatic carbocycles. The maximum Gasteiger partial charge on any atom is 0.392 e. The summed E-state index contributed by atoms with van der Waals surface area (Å²) in [5.74, 6) is 4.39. The van der Waals surface area contributed by atoms with E-state index < -0.39 is 6.03 Å². The second-order valence-electron chi connectivity index (χ2n) is 0.541. The molecule has 34 valence electrons. The van der Waals surface area contributed by atoms with Gasteiger partial charge in [0.25, 0.3) is 0 Å². The summed E-state index contributed by atoms with van der Waals surface area (Å²) in [6.45, 7) is 0. The molecule has 0 radical (unpaired) electrons. The van der Waals surface area contributed by atoms with E-state index in [0.29, 0.717) is 0 Å². The minimum absolute atomic E-state index is 1.06. The van der Waals surface area contributed by atoms with E-state index in [2.05, 4.69) is 5.84 Å². The van der Waals surface area contributed by atoms with Gasteiger partial charge >= 0.3 is 6.03 Å². The number of hydrazine groups is 1. The number of urea groups is 1. The molecule has 0 aromatic carbocycles. The normalized spacial score (nSPS) is 6.83. The quantitative estimate of drug-likeness (QED) is 0.179. The van der Waals surface area contributed by atoms with Crippen molar-refractivity contribution < 1.29 is 4.79 Å². The van der Waals surface area contributed by atoms with Crippen molar-refractivity contribution in [2.45, 2.75) is 0 Å². The summed E-state index contributed by atoms with van der Waals surface area (Å²) >= 11 is 0. The monoisotopic (exact) mass is 89.0 g/mol. The Morgan fingerprint density at radius 3 is 2.33 bits per heavy atom. The first-order valence-corrected chi connectivity index (χ1v) is 1.15. The first-order chi connectivity index (χ1) is 2.81. The van der Waals surface area contributed by atoms with Crippen LogP contribution in [0.2, 0.25) is 0 Å². The fraction of sp³-hybridized carbons (Fsp3) is 0. The number of nitrogens with two attached hydrogens (primary N) is 1. The number of nitrogens with zero attached hydrogens (tertiary/aromatic N) is 1.